The van der Waals surface area contributed by atoms with E-state index in [9.17, 15) is 0 Å². The molecule has 5 heteroatoms. The number of likely N-dealkylation sites (tertiary alicyclic amines) is 3. The lowest BCUT2D eigenvalue weighted by molar-refractivity contribution is 0.0802. The van der Waals surface area contributed by atoms with Crippen LogP contribution in [0.25, 0.3) is 0 Å². The van der Waals surface area contributed by atoms with Crippen molar-refractivity contribution in [1.29, 1.82) is 0 Å². The normalized spacial score (nSPS) is 30.8. The second kappa shape index (κ2) is 11.6. The molecule has 0 radical (unpaired) electrons. The summed E-state index contributed by atoms with van der Waals surface area (Å²) >= 11 is 0. The molecule has 0 saturated carbocycles. The summed E-state index contributed by atoms with van der Waals surface area (Å²) in [4.78, 5) is 13.5. The zero-order chi connectivity index (χ0) is 20.8. The van der Waals surface area contributed by atoms with Gasteiger partial charge in [-0.2, -0.15) is 0 Å². The third kappa shape index (κ3) is 6.90. The second-order valence-electron chi connectivity index (χ2n) is 11.0. The summed E-state index contributed by atoms with van der Waals surface area (Å²) in [6.45, 7) is 20.8. The Morgan fingerprint density at radius 1 is 0.533 bits per heavy atom. The highest BCUT2D eigenvalue weighted by Crippen LogP contribution is 2.25. The predicted molar refractivity (Wildman–Crippen MR) is 127 cm³/mol. The highest BCUT2D eigenvalue weighted by Gasteiger charge is 2.28. The zero-order valence-corrected chi connectivity index (χ0v) is 20.1. The fourth-order valence-corrected chi connectivity index (χ4v) is 6.42. The van der Waals surface area contributed by atoms with Crippen molar-refractivity contribution in [2.24, 2.45) is 17.8 Å². The SMILES string of the molecule is CCN1CCCC(CN2CCC(CN3CCC(CN4CCN(C)CC4)CC3)CC2)C1. The second-order valence-corrected chi connectivity index (χ2v) is 11.0. The molecule has 4 saturated heterocycles. The average molecular weight is 420 g/mol. The number of likely N-dealkylation sites (N-methyl/N-ethyl adjacent to an activating group) is 1. The van der Waals surface area contributed by atoms with E-state index in [1.54, 1.807) is 0 Å². The molecule has 4 fully saturated rings. The minimum absolute atomic E-state index is 0.926. The number of piperidine rings is 3. The molecule has 30 heavy (non-hydrogen) atoms. The van der Waals surface area contributed by atoms with Crippen molar-refractivity contribution in [3.63, 3.8) is 0 Å². The van der Waals surface area contributed by atoms with Crippen LogP contribution in [0.2, 0.25) is 0 Å². The summed E-state index contributed by atoms with van der Waals surface area (Å²) in [5.74, 6) is 2.83. The van der Waals surface area contributed by atoms with Gasteiger partial charge in [-0.1, -0.05) is 6.92 Å². The quantitative estimate of drug-likeness (QED) is 0.628. The van der Waals surface area contributed by atoms with Crippen LogP contribution in [-0.2, 0) is 0 Å². The first-order valence-corrected chi connectivity index (χ1v) is 13.3. The molecule has 4 heterocycles. The summed E-state index contributed by atoms with van der Waals surface area (Å²) in [7, 11) is 2.26. The Kier molecular flexibility index (Phi) is 8.89. The Morgan fingerprint density at radius 2 is 1.03 bits per heavy atom. The molecule has 0 bridgehead atoms. The highest BCUT2D eigenvalue weighted by molar-refractivity contribution is 4.82. The Balaban J connectivity index is 1.09. The maximum Gasteiger partial charge on any atom is 0.0110 e. The molecule has 0 spiro atoms. The van der Waals surface area contributed by atoms with E-state index in [-0.39, 0.29) is 0 Å². The third-order valence-corrected chi connectivity index (χ3v) is 8.61. The minimum atomic E-state index is 0.926. The van der Waals surface area contributed by atoms with E-state index in [4.69, 9.17) is 0 Å². The molecule has 0 amide bonds. The molecule has 0 aromatic heterocycles. The van der Waals surface area contributed by atoms with Gasteiger partial charge < -0.3 is 24.5 Å². The first kappa shape index (κ1) is 23.0. The van der Waals surface area contributed by atoms with Crippen molar-refractivity contribution in [3.05, 3.63) is 0 Å². The Morgan fingerprint density at radius 3 is 1.57 bits per heavy atom. The lowest BCUT2D eigenvalue weighted by atomic mass is 9.91. The molecular weight excluding hydrogens is 370 g/mol. The molecular formula is C25H49N5. The summed E-state index contributed by atoms with van der Waals surface area (Å²) in [5.41, 5.74) is 0. The molecule has 0 N–H and O–H groups in total. The molecule has 0 aromatic rings. The van der Waals surface area contributed by atoms with Gasteiger partial charge in [-0.3, -0.25) is 0 Å². The smallest absolute Gasteiger partial charge is 0.0110 e. The van der Waals surface area contributed by atoms with Gasteiger partial charge in [0.15, 0.2) is 0 Å². The van der Waals surface area contributed by atoms with E-state index >= 15 is 0 Å². The first-order valence-electron chi connectivity index (χ1n) is 13.3. The van der Waals surface area contributed by atoms with Crippen LogP contribution in [0.15, 0.2) is 0 Å². The van der Waals surface area contributed by atoms with Crippen molar-refractivity contribution in [1.82, 2.24) is 24.5 Å². The fourth-order valence-electron chi connectivity index (χ4n) is 6.42. The number of piperazine rings is 1. The van der Waals surface area contributed by atoms with E-state index in [0.29, 0.717) is 0 Å². The van der Waals surface area contributed by atoms with Crippen LogP contribution in [0.3, 0.4) is 0 Å². The van der Waals surface area contributed by atoms with Crippen LogP contribution >= 0.6 is 0 Å². The van der Waals surface area contributed by atoms with Crippen LogP contribution in [0, 0.1) is 17.8 Å². The van der Waals surface area contributed by atoms with Crippen molar-refractivity contribution >= 4 is 0 Å². The van der Waals surface area contributed by atoms with Crippen molar-refractivity contribution in [2.45, 2.75) is 45.4 Å². The molecule has 4 rings (SSSR count). The highest BCUT2D eigenvalue weighted by atomic mass is 15.2. The van der Waals surface area contributed by atoms with Gasteiger partial charge in [-0.25, -0.2) is 0 Å². The van der Waals surface area contributed by atoms with E-state index in [1.807, 2.05) is 0 Å². The Labute approximate surface area is 186 Å². The number of nitrogens with zero attached hydrogens (tertiary/aromatic N) is 5. The van der Waals surface area contributed by atoms with E-state index in [2.05, 4.69) is 38.5 Å². The Bertz CT molecular complexity index is 476. The number of hydrogen-bond acceptors (Lipinski definition) is 5. The van der Waals surface area contributed by atoms with Crippen molar-refractivity contribution in [3.8, 4) is 0 Å². The Hall–Kier alpha value is -0.200. The van der Waals surface area contributed by atoms with Crippen molar-refractivity contribution < 1.29 is 0 Å². The standard InChI is InChI=1S/C25H49N5/c1-3-27-10-4-5-25(21-27)22-29-13-8-23(9-14-29)19-28-11-6-24(7-12-28)20-30-17-15-26(2)16-18-30/h23-25H,3-22H2,1-2H3. The van der Waals surface area contributed by atoms with Gasteiger partial charge in [-0.15, -0.1) is 0 Å². The lowest BCUT2D eigenvalue weighted by Gasteiger charge is -2.41. The van der Waals surface area contributed by atoms with E-state index in [1.165, 1.54) is 130 Å². The topological polar surface area (TPSA) is 16.2 Å². The maximum absolute atomic E-state index is 2.81. The molecule has 174 valence electrons. The van der Waals surface area contributed by atoms with Gasteiger partial charge in [-0.05, 0) is 103 Å². The minimum Gasteiger partial charge on any atom is -0.304 e. The predicted octanol–water partition coefficient (Wildman–Crippen LogP) is 2.39. The largest absolute Gasteiger partial charge is 0.304 e. The van der Waals surface area contributed by atoms with Crippen LogP contribution in [0.4, 0.5) is 0 Å². The van der Waals surface area contributed by atoms with Crippen LogP contribution in [-0.4, -0.2) is 123 Å². The number of hydrogen-bond donors (Lipinski definition) is 0. The molecule has 0 aromatic carbocycles. The molecule has 1 atom stereocenters. The summed E-state index contributed by atoms with van der Waals surface area (Å²) in [5, 5.41) is 0. The zero-order valence-electron chi connectivity index (χ0n) is 20.1. The van der Waals surface area contributed by atoms with Gasteiger partial charge in [0, 0.05) is 52.4 Å². The average Bonchev–Trinajstić information content (AvgIpc) is 2.78. The molecule has 4 aliphatic heterocycles. The molecule has 0 aliphatic carbocycles. The van der Waals surface area contributed by atoms with E-state index in [0.717, 1.165) is 17.8 Å². The summed E-state index contributed by atoms with van der Waals surface area (Å²) < 4.78 is 0. The van der Waals surface area contributed by atoms with Crippen LogP contribution in [0.5, 0.6) is 0 Å². The third-order valence-electron chi connectivity index (χ3n) is 8.61. The summed E-state index contributed by atoms with van der Waals surface area (Å²) in [6, 6.07) is 0. The first-order chi connectivity index (χ1) is 14.7. The maximum atomic E-state index is 2.81. The molecule has 1 unspecified atom stereocenters. The van der Waals surface area contributed by atoms with Crippen molar-refractivity contribution in [2.75, 3.05) is 98.7 Å². The van der Waals surface area contributed by atoms with Gasteiger partial charge >= 0.3 is 0 Å². The number of rotatable bonds is 7. The van der Waals surface area contributed by atoms with Gasteiger partial charge in [0.1, 0.15) is 0 Å². The monoisotopic (exact) mass is 419 g/mol. The van der Waals surface area contributed by atoms with Crippen LogP contribution < -0.4 is 0 Å². The molecule has 5 nitrogen and oxygen atoms in total. The van der Waals surface area contributed by atoms with E-state index < -0.39 is 0 Å². The van der Waals surface area contributed by atoms with Gasteiger partial charge in [0.25, 0.3) is 0 Å². The summed E-state index contributed by atoms with van der Waals surface area (Å²) in [6.07, 6.45) is 8.61. The molecule has 4 aliphatic rings. The van der Waals surface area contributed by atoms with Gasteiger partial charge in [0.05, 0.1) is 0 Å². The van der Waals surface area contributed by atoms with Crippen LogP contribution in [0.1, 0.15) is 45.4 Å². The van der Waals surface area contributed by atoms with Gasteiger partial charge in [0.2, 0.25) is 0 Å². The lowest BCUT2D eigenvalue weighted by Crippen LogP contribution is -2.48. The fraction of sp³-hybridized carbons (Fsp3) is 1.00.